The second kappa shape index (κ2) is 6.77. The number of methoxy groups -OCH3 is 1. The molecular weight excluding hydrogens is 312 g/mol. The molecule has 0 aliphatic heterocycles. The Morgan fingerprint density at radius 2 is 1.95 bits per heavy atom. The number of carbonyl (C=O) groups excluding carboxylic acids is 1. The molecule has 0 heterocycles. The first-order valence-electron chi connectivity index (χ1n) is 6.06. The molecule has 0 aliphatic rings. The highest BCUT2D eigenvalue weighted by molar-refractivity contribution is 6.32. The average Bonchev–Trinajstić information content (AvgIpc) is 2.49. The molecule has 0 atom stereocenters. The molecule has 0 aromatic heterocycles. The van der Waals surface area contributed by atoms with Gasteiger partial charge < -0.3 is 9.47 Å². The highest BCUT2D eigenvalue weighted by Crippen LogP contribution is 2.27. The lowest BCUT2D eigenvalue weighted by Crippen LogP contribution is -2.16. The molecule has 2 aromatic carbocycles. The van der Waals surface area contributed by atoms with E-state index in [1.165, 1.54) is 25.3 Å². The maximum Gasteiger partial charge on any atom is 0.417 e. The molecule has 0 unspecified atom stereocenters. The molecule has 22 heavy (non-hydrogen) atoms. The predicted molar refractivity (Wildman–Crippen MR) is 80.7 cm³/mol. The van der Waals surface area contributed by atoms with Crippen LogP contribution >= 0.6 is 11.6 Å². The van der Waals surface area contributed by atoms with E-state index in [-0.39, 0.29) is 22.1 Å². The highest BCUT2D eigenvalue weighted by Gasteiger charge is 2.14. The van der Waals surface area contributed by atoms with E-state index in [0.29, 0.717) is 5.75 Å². The summed E-state index contributed by atoms with van der Waals surface area (Å²) in [5.41, 5.74) is -0.107. The van der Waals surface area contributed by atoms with E-state index < -0.39 is 11.0 Å². The third-order valence-corrected chi connectivity index (χ3v) is 2.96. The molecular formula is C14H11ClN2O5. The van der Waals surface area contributed by atoms with Crippen molar-refractivity contribution in [2.75, 3.05) is 12.4 Å². The van der Waals surface area contributed by atoms with Gasteiger partial charge >= 0.3 is 6.09 Å². The van der Waals surface area contributed by atoms with Gasteiger partial charge in [0.05, 0.1) is 17.7 Å². The smallest absolute Gasteiger partial charge is 0.417 e. The number of amides is 1. The Morgan fingerprint density at radius 3 is 2.64 bits per heavy atom. The van der Waals surface area contributed by atoms with Crippen molar-refractivity contribution in [3.05, 3.63) is 57.6 Å². The minimum absolute atomic E-state index is 0.0169. The Morgan fingerprint density at radius 1 is 1.23 bits per heavy atom. The van der Waals surface area contributed by atoms with Crippen LogP contribution in [0.15, 0.2) is 42.5 Å². The number of nitro benzene ring substituents is 1. The fourth-order valence-corrected chi connectivity index (χ4v) is 1.83. The van der Waals surface area contributed by atoms with E-state index >= 15 is 0 Å². The van der Waals surface area contributed by atoms with Gasteiger partial charge in [-0.25, -0.2) is 4.79 Å². The third-order valence-electron chi connectivity index (χ3n) is 2.64. The zero-order valence-electron chi connectivity index (χ0n) is 11.4. The maximum atomic E-state index is 11.8. The average molecular weight is 323 g/mol. The van der Waals surface area contributed by atoms with Crippen molar-refractivity contribution < 1.29 is 19.2 Å². The van der Waals surface area contributed by atoms with E-state index in [1.54, 1.807) is 18.2 Å². The number of benzene rings is 2. The molecule has 2 rings (SSSR count). The number of hydrogen-bond acceptors (Lipinski definition) is 5. The molecule has 0 radical (unpaired) electrons. The summed E-state index contributed by atoms with van der Waals surface area (Å²) in [4.78, 5) is 21.9. The van der Waals surface area contributed by atoms with E-state index in [4.69, 9.17) is 21.1 Å². The van der Waals surface area contributed by atoms with Gasteiger partial charge in [-0.15, -0.1) is 0 Å². The van der Waals surface area contributed by atoms with Crippen LogP contribution in [-0.2, 0) is 0 Å². The lowest BCUT2D eigenvalue weighted by molar-refractivity contribution is -0.384. The van der Waals surface area contributed by atoms with Crippen LogP contribution in [0.4, 0.5) is 16.2 Å². The normalized spacial score (nSPS) is 9.91. The Balaban J connectivity index is 2.08. The molecule has 1 N–H and O–H groups in total. The number of hydrogen-bond donors (Lipinski definition) is 1. The maximum absolute atomic E-state index is 11.8. The summed E-state index contributed by atoms with van der Waals surface area (Å²) in [5, 5.41) is 13.2. The molecule has 0 saturated heterocycles. The molecule has 8 heteroatoms. The van der Waals surface area contributed by atoms with Crippen molar-refractivity contribution in [3.63, 3.8) is 0 Å². The standard InChI is InChI=1S/C14H11ClN2O5/c1-21-10-3-2-4-11(8-10)22-14(18)16-9-5-6-12(15)13(7-9)17(19)20/h2-8H,1H3,(H,16,18). The van der Waals surface area contributed by atoms with Gasteiger partial charge in [0.2, 0.25) is 0 Å². The fourth-order valence-electron chi connectivity index (χ4n) is 1.65. The predicted octanol–water partition coefficient (Wildman–Crippen LogP) is 3.87. The number of ether oxygens (including phenoxy) is 2. The van der Waals surface area contributed by atoms with Crippen molar-refractivity contribution >= 4 is 29.1 Å². The molecule has 2 aromatic rings. The first kappa shape index (κ1) is 15.6. The number of nitrogens with zero attached hydrogens (tertiary/aromatic N) is 1. The number of nitro groups is 1. The zero-order chi connectivity index (χ0) is 16.1. The van der Waals surface area contributed by atoms with Gasteiger partial charge in [-0.3, -0.25) is 15.4 Å². The van der Waals surface area contributed by atoms with Crippen molar-refractivity contribution in [2.24, 2.45) is 0 Å². The van der Waals surface area contributed by atoms with Crippen LogP contribution in [0.25, 0.3) is 0 Å². The first-order valence-corrected chi connectivity index (χ1v) is 6.44. The summed E-state index contributed by atoms with van der Waals surface area (Å²) in [6.45, 7) is 0. The highest BCUT2D eigenvalue weighted by atomic mass is 35.5. The van der Waals surface area contributed by atoms with Crippen LogP contribution in [0.3, 0.4) is 0 Å². The van der Waals surface area contributed by atoms with Crippen LogP contribution in [0.5, 0.6) is 11.5 Å². The van der Waals surface area contributed by atoms with Crippen LogP contribution in [0.1, 0.15) is 0 Å². The monoisotopic (exact) mass is 322 g/mol. The topological polar surface area (TPSA) is 90.7 Å². The van der Waals surface area contributed by atoms with Gasteiger partial charge in [-0.05, 0) is 24.3 Å². The van der Waals surface area contributed by atoms with E-state index in [2.05, 4.69) is 5.32 Å². The van der Waals surface area contributed by atoms with Crippen molar-refractivity contribution in [1.29, 1.82) is 0 Å². The molecule has 0 saturated carbocycles. The molecule has 114 valence electrons. The molecule has 0 spiro atoms. The Hall–Kier alpha value is -2.80. The quantitative estimate of drug-likeness (QED) is 0.681. The lowest BCUT2D eigenvalue weighted by Gasteiger charge is -2.08. The molecule has 0 aliphatic carbocycles. The molecule has 7 nitrogen and oxygen atoms in total. The SMILES string of the molecule is COc1cccc(OC(=O)Nc2ccc(Cl)c([N+](=O)[O-])c2)c1. The van der Waals surface area contributed by atoms with Crippen molar-refractivity contribution in [3.8, 4) is 11.5 Å². The van der Waals surface area contributed by atoms with Crippen molar-refractivity contribution in [1.82, 2.24) is 0 Å². The largest absolute Gasteiger partial charge is 0.497 e. The summed E-state index contributed by atoms with van der Waals surface area (Å²) in [7, 11) is 1.49. The molecule has 0 fully saturated rings. The summed E-state index contributed by atoms with van der Waals surface area (Å²) in [5.74, 6) is 0.813. The van der Waals surface area contributed by atoms with Gasteiger partial charge in [0.15, 0.2) is 0 Å². The van der Waals surface area contributed by atoms with E-state index in [9.17, 15) is 14.9 Å². The number of nitrogens with one attached hydrogen (secondary N) is 1. The fraction of sp³-hybridized carbons (Fsp3) is 0.0714. The molecule has 1 amide bonds. The van der Waals surface area contributed by atoms with Gasteiger partial charge in [0.1, 0.15) is 16.5 Å². The van der Waals surface area contributed by atoms with Gasteiger partial charge in [0, 0.05) is 12.1 Å². The molecule has 0 bridgehead atoms. The van der Waals surface area contributed by atoms with Gasteiger partial charge in [0.25, 0.3) is 5.69 Å². The number of carbonyl (C=O) groups is 1. The minimum atomic E-state index is -0.787. The van der Waals surface area contributed by atoms with E-state index in [0.717, 1.165) is 6.07 Å². The van der Waals surface area contributed by atoms with Crippen molar-refractivity contribution in [2.45, 2.75) is 0 Å². The lowest BCUT2D eigenvalue weighted by atomic mass is 10.3. The summed E-state index contributed by atoms with van der Waals surface area (Å²) < 4.78 is 10.1. The Labute approximate surface area is 130 Å². The first-order chi connectivity index (χ1) is 10.5. The summed E-state index contributed by atoms with van der Waals surface area (Å²) in [6, 6.07) is 10.4. The second-order valence-electron chi connectivity index (χ2n) is 4.12. The number of anilines is 1. The minimum Gasteiger partial charge on any atom is -0.497 e. The number of halogens is 1. The third kappa shape index (κ3) is 3.86. The van der Waals surface area contributed by atoms with Gasteiger partial charge in [-0.1, -0.05) is 17.7 Å². The van der Waals surface area contributed by atoms with Gasteiger partial charge in [-0.2, -0.15) is 0 Å². The van der Waals surface area contributed by atoms with E-state index in [1.807, 2.05) is 0 Å². The van der Waals surface area contributed by atoms with Crippen LogP contribution < -0.4 is 14.8 Å². The summed E-state index contributed by atoms with van der Waals surface area (Å²) >= 11 is 5.69. The zero-order valence-corrected chi connectivity index (χ0v) is 12.2. The Kier molecular flexibility index (Phi) is 4.80. The second-order valence-corrected chi connectivity index (χ2v) is 4.52. The van der Waals surface area contributed by atoms with Crippen LogP contribution in [0.2, 0.25) is 5.02 Å². The number of rotatable bonds is 4. The summed E-state index contributed by atoms with van der Waals surface area (Å²) in [6.07, 6.45) is -0.787. The Bertz CT molecular complexity index is 720. The van der Waals surface area contributed by atoms with Crippen LogP contribution in [-0.4, -0.2) is 18.1 Å². The van der Waals surface area contributed by atoms with Crippen LogP contribution in [0, 0.1) is 10.1 Å².